The molecule has 0 bridgehead atoms. The Kier molecular flexibility index (Phi) is 28.6. The van der Waals surface area contributed by atoms with Crippen LogP contribution in [0.25, 0.3) is 0 Å². The molecule has 2 unspecified atom stereocenters. The minimum atomic E-state index is -4.34. The van der Waals surface area contributed by atoms with Gasteiger partial charge in [-0.05, 0) is 39.0 Å². The van der Waals surface area contributed by atoms with E-state index in [4.69, 9.17) is 0 Å². The highest BCUT2D eigenvalue weighted by molar-refractivity contribution is 7.85. The van der Waals surface area contributed by atoms with Gasteiger partial charge < -0.3 is 10.4 Å². The van der Waals surface area contributed by atoms with Crippen LogP contribution in [0.3, 0.4) is 0 Å². The van der Waals surface area contributed by atoms with E-state index in [2.05, 4.69) is 30.5 Å². The van der Waals surface area contributed by atoms with Crippen LogP contribution in [0.2, 0.25) is 0 Å². The average molecular weight is 612 g/mol. The lowest BCUT2D eigenvalue weighted by atomic mass is 10.0. The molecular formula is C35H65NO5S. The molecule has 0 saturated heterocycles. The molecule has 0 aromatic rings. The smallest absolute Gasteiger partial charge is 0.267 e. The van der Waals surface area contributed by atoms with Crippen LogP contribution in [-0.4, -0.2) is 41.9 Å². The number of hydrogen-bond acceptors (Lipinski definition) is 4. The second kappa shape index (κ2) is 29.6. The summed E-state index contributed by atoms with van der Waals surface area (Å²) in [5, 5.41) is 13.1. The summed E-state index contributed by atoms with van der Waals surface area (Å²) in [6.07, 6.45) is 37.3. The highest BCUT2D eigenvalue weighted by atomic mass is 32.2. The van der Waals surface area contributed by atoms with Gasteiger partial charge in [0.1, 0.15) is 0 Å². The number of carbonyl (C=O) groups is 1. The number of hydrogen-bond donors (Lipinski definition) is 3. The Bertz CT molecular complexity index is 806. The number of allylic oxidation sites excluding steroid dienone is 5. The Hall–Kier alpha value is -1.44. The SMILES string of the molecule is C/C=C/CC/C=C/CC/C=C/C(O)C(CS(=O)(=O)O)NC(=O)CCCCCCCCCCCCCCCCCCCC. The van der Waals surface area contributed by atoms with Crippen molar-refractivity contribution in [2.24, 2.45) is 0 Å². The van der Waals surface area contributed by atoms with Gasteiger partial charge in [-0.3, -0.25) is 9.35 Å². The van der Waals surface area contributed by atoms with E-state index in [0.29, 0.717) is 6.42 Å². The number of amides is 1. The van der Waals surface area contributed by atoms with Gasteiger partial charge in [-0.1, -0.05) is 153 Å². The molecule has 0 aromatic heterocycles. The third-order valence-corrected chi connectivity index (χ3v) is 8.42. The fourth-order valence-corrected chi connectivity index (χ4v) is 5.81. The maximum atomic E-state index is 12.4. The molecule has 1 amide bonds. The summed E-state index contributed by atoms with van der Waals surface area (Å²) in [5.41, 5.74) is 0. The maximum absolute atomic E-state index is 12.4. The molecule has 0 spiro atoms. The summed E-state index contributed by atoms with van der Waals surface area (Å²) in [6, 6.07) is -1.07. The molecule has 0 aliphatic heterocycles. The first-order chi connectivity index (χ1) is 20.3. The lowest BCUT2D eigenvalue weighted by Gasteiger charge is -2.21. The molecule has 42 heavy (non-hydrogen) atoms. The molecule has 0 saturated carbocycles. The molecule has 0 aliphatic rings. The molecule has 0 heterocycles. The monoisotopic (exact) mass is 611 g/mol. The van der Waals surface area contributed by atoms with E-state index >= 15 is 0 Å². The van der Waals surface area contributed by atoms with Gasteiger partial charge in [-0.25, -0.2) is 0 Å². The fourth-order valence-electron chi connectivity index (χ4n) is 5.08. The quantitative estimate of drug-likeness (QED) is 0.0426. The Morgan fingerprint density at radius 1 is 0.667 bits per heavy atom. The maximum Gasteiger partial charge on any atom is 0.267 e. The molecule has 2 atom stereocenters. The number of nitrogens with one attached hydrogen (secondary N) is 1. The van der Waals surface area contributed by atoms with Crippen molar-refractivity contribution < 1.29 is 22.9 Å². The van der Waals surface area contributed by atoms with Crippen molar-refractivity contribution in [3.05, 3.63) is 36.5 Å². The fraction of sp³-hybridized carbons (Fsp3) is 0.800. The second-order valence-corrected chi connectivity index (χ2v) is 13.3. The number of aliphatic hydroxyl groups is 1. The first-order valence-corrected chi connectivity index (χ1v) is 18.8. The molecule has 7 heteroatoms. The highest BCUT2D eigenvalue weighted by Gasteiger charge is 2.24. The Morgan fingerprint density at radius 3 is 1.50 bits per heavy atom. The number of rotatable bonds is 30. The average Bonchev–Trinajstić information content (AvgIpc) is 2.94. The predicted molar refractivity (Wildman–Crippen MR) is 179 cm³/mol. The molecule has 0 aliphatic carbocycles. The number of aliphatic hydroxyl groups excluding tert-OH is 1. The number of unbranched alkanes of at least 4 members (excludes halogenated alkanes) is 19. The van der Waals surface area contributed by atoms with E-state index in [1.807, 2.05) is 13.0 Å². The zero-order chi connectivity index (χ0) is 31.2. The number of carbonyl (C=O) groups excluding carboxylic acids is 1. The van der Waals surface area contributed by atoms with E-state index in [1.54, 1.807) is 6.08 Å². The van der Waals surface area contributed by atoms with Crippen LogP contribution in [0.5, 0.6) is 0 Å². The van der Waals surface area contributed by atoms with E-state index < -0.39 is 28.0 Å². The largest absolute Gasteiger partial charge is 0.387 e. The summed E-state index contributed by atoms with van der Waals surface area (Å²) < 4.78 is 32.2. The minimum absolute atomic E-state index is 0.287. The van der Waals surface area contributed by atoms with Crippen LogP contribution in [0.1, 0.15) is 162 Å². The topological polar surface area (TPSA) is 104 Å². The standard InChI is InChI=1S/C35H65NO5S/c1-3-5-7-9-11-13-14-15-16-17-18-19-20-21-23-25-27-29-31-35(38)36-33(32-42(39,40)41)34(37)30-28-26-24-22-12-10-8-6-4-2/h4,6,12,22,28,30,33-34,37H,3,5,7-11,13-21,23-27,29,31-32H2,1-2H3,(H,36,38)(H,39,40,41)/b6-4+,22-12+,30-28+. The van der Waals surface area contributed by atoms with Gasteiger partial charge in [0.05, 0.1) is 17.9 Å². The first-order valence-electron chi connectivity index (χ1n) is 17.2. The summed E-state index contributed by atoms with van der Waals surface area (Å²) in [7, 11) is -4.34. The van der Waals surface area contributed by atoms with E-state index in [9.17, 15) is 22.9 Å². The van der Waals surface area contributed by atoms with Gasteiger partial charge >= 0.3 is 0 Å². The zero-order valence-corrected chi connectivity index (χ0v) is 27.9. The van der Waals surface area contributed by atoms with Gasteiger partial charge in [-0.2, -0.15) is 8.42 Å². The molecule has 3 N–H and O–H groups in total. The summed E-state index contributed by atoms with van der Waals surface area (Å²) in [4.78, 5) is 12.4. The van der Waals surface area contributed by atoms with E-state index in [-0.39, 0.29) is 12.3 Å². The minimum Gasteiger partial charge on any atom is -0.387 e. The van der Waals surface area contributed by atoms with Crippen LogP contribution >= 0.6 is 0 Å². The van der Waals surface area contributed by atoms with E-state index in [0.717, 1.165) is 38.5 Å². The van der Waals surface area contributed by atoms with Crippen molar-refractivity contribution in [1.29, 1.82) is 0 Å². The van der Waals surface area contributed by atoms with Crippen molar-refractivity contribution >= 4 is 16.0 Å². The van der Waals surface area contributed by atoms with Crippen molar-refractivity contribution in [2.75, 3.05) is 5.75 Å². The molecule has 0 aromatic carbocycles. The lowest BCUT2D eigenvalue weighted by molar-refractivity contribution is -0.122. The van der Waals surface area contributed by atoms with Gasteiger partial charge in [0, 0.05) is 6.42 Å². The lowest BCUT2D eigenvalue weighted by Crippen LogP contribution is -2.46. The van der Waals surface area contributed by atoms with Crippen molar-refractivity contribution in [2.45, 2.75) is 174 Å². The van der Waals surface area contributed by atoms with Crippen LogP contribution in [0.15, 0.2) is 36.5 Å². The van der Waals surface area contributed by atoms with Crippen LogP contribution in [0.4, 0.5) is 0 Å². The molecule has 246 valence electrons. The van der Waals surface area contributed by atoms with Gasteiger partial charge in [0.25, 0.3) is 10.1 Å². The Morgan fingerprint density at radius 2 is 1.07 bits per heavy atom. The van der Waals surface area contributed by atoms with Gasteiger partial charge in [0.15, 0.2) is 0 Å². The van der Waals surface area contributed by atoms with Crippen LogP contribution in [-0.2, 0) is 14.9 Å². The normalized spacial score (nSPS) is 13.9. The molecule has 0 radical (unpaired) electrons. The zero-order valence-electron chi connectivity index (χ0n) is 27.1. The predicted octanol–water partition coefficient (Wildman–Crippen LogP) is 9.40. The van der Waals surface area contributed by atoms with Crippen molar-refractivity contribution in [3.8, 4) is 0 Å². The second-order valence-electron chi connectivity index (χ2n) is 11.8. The first kappa shape index (κ1) is 40.6. The highest BCUT2D eigenvalue weighted by Crippen LogP contribution is 2.15. The molecule has 0 rings (SSSR count). The van der Waals surface area contributed by atoms with Crippen LogP contribution in [0, 0.1) is 0 Å². The van der Waals surface area contributed by atoms with Crippen molar-refractivity contribution in [3.63, 3.8) is 0 Å². The molecule has 0 fully saturated rings. The Balaban J connectivity index is 3.92. The van der Waals surface area contributed by atoms with Gasteiger partial charge in [0.2, 0.25) is 5.91 Å². The Labute approximate surface area is 259 Å². The van der Waals surface area contributed by atoms with Crippen molar-refractivity contribution in [1.82, 2.24) is 5.32 Å². The summed E-state index contributed by atoms with van der Waals surface area (Å²) >= 11 is 0. The van der Waals surface area contributed by atoms with Gasteiger partial charge in [-0.15, -0.1) is 0 Å². The summed E-state index contributed by atoms with van der Waals surface area (Å²) in [6.45, 7) is 4.27. The third-order valence-electron chi connectivity index (χ3n) is 7.64. The van der Waals surface area contributed by atoms with Crippen LogP contribution < -0.4 is 5.32 Å². The molecule has 6 nitrogen and oxygen atoms in total. The molecular weight excluding hydrogens is 546 g/mol. The third kappa shape index (κ3) is 30.0. The summed E-state index contributed by atoms with van der Waals surface area (Å²) in [5.74, 6) is -1.01. The van der Waals surface area contributed by atoms with E-state index in [1.165, 1.54) is 102 Å².